The minimum Gasteiger partial charge on any atom is -0.341 e. The van der Waals surface area contributed by atoms with Gasteiger partial charge in [0.15, 0.2) is 0 Å². The van der Waals surface area contributed by atoms with Crippen LogP contribution in [0.2, 0.25) is 0 Å². The first-order valence-electron chi connectivity index (χ1n) is 21.5. The molecular formula is C56H42N4. The molecule has 11 aromatic rings. The number of aryl methyl sites for hydroxylation is 2. The maximum absolute atomic E-state index is 2.56. The molecule has 0 saturated carbocycles. The second-order valence-corrected chi connectivity index (χ2v) is 16.7. The van der Waals surface area contributed by atoms with Crippen molar-refractivity contribution in [2.75, 3.05) is 22.9 Å². The third kappa shape index (κ3) is 4.85. The Bertz CT molecular complexity index is 3190. The van der Waals surface area contributed by atoms with E-state index in [-0.39, 0.29) is 0 Å². The third-order valence-corrected chi connectivity index (χ3v) is 13.5. The Labute approximate surface area is 348 Å². The van der Waals surface area contributed by atoms with Crippen LogP contribution in [-0.4, -0.2) is 22.2 Å². The van der Waals surface area contributed by atoms with Crippen LogP contribution in [0.25, 0.3) is 76.5 Å². The molecule has 60 heavy (non-hydrogen) atoms. The van der Waals surface area contributed by atoms with E-state index in [0.29, 0.717) is 0 Å². The molecular weight excluding hydrogens is 729 g/mol. The molecule has 2 aliphatic rings. The van der Waals surface area contributed by atoms with Gasteiger partial charge < -0.3 is 18.9 Å². The second-order valence-electron chi connectivity index (χ2n) is 16.7. The first kappa shape index (κ1) is 33.6. The molecule has 0 saturated heterocycles. The number of rotatable bonds is 4. The van der Waals surface area contributed by atoms with E-state index < -0.39 is 0 Å². The predicted octanol–water partition coefficient (Wildman–Crippen LogP) is 14.4. The monoisotopic (exact) mass is 770 g/mol. The molecule has 4 nitrogen and oxygen atoms in total. The van der Waals surface area contributed by atoms with Gasteiger partial charge >= 0.3 is 0 Å². The molecule has 2 aromatic heterocycles. The zero-order valence-electron chi connectivity index (χ0n) is 33.4. The summed E-state index contributed by atoms with van der Waals surface area (Å²) in [7, 11) is 0. The molecule has 0 fully saturated rings. The van der Waals surface area contributed by atoms with Crippen LogP contribution < -0.4 is 9.80 Å². The van der Waals surface area contributed by atoms with Gasteiger partial charge in [-0.15, -0.1) is 0 Å². The summed E-state index contributed by atoms with van der Waals surface area (Å²) >= 11 is 0. The molecule has 13 rings (SSSR count). The van der Waals surface area contributed by atoms with Gasteiger partial charge in [0.1, 0.15) is 0 Å². The Balaban J connectivity index is 1.22. The lowest BCUT2D eigenvalue weighted by atomic mass is 9.94. The van der Waals surface area contributed by atoms with E-state index in [1.54, 1.807) is 0 Å². The van der Waals surface area contributed by atoms with Gasteiger partial charge in [-0.3, -0.25) is 0 Å². The molecule has 0 bridgehead atoms. The first-order chi connectivity index (χ1) is 29.8. The van der Waals surface area contributed by atoms with Gasteiger partial charge in [0.2, 0.25) is 0 Å². The van der Waals surface area contributed by atoms with Crippen molar-refractivity contribution in [2.45, 2.75) is 25.7 Å². The van der Waals surface area contributed by atoms with Gasteiger partial charge in [-0.25, -0.2) is 0 Å². The van der Waals surface area contributed by atoms with Crippen molar-refractivity contribution >= 4 is 87.9 Å². The third-order valence-electron chi connectivity index (χ3n) is 13.5. The molecule has 0 atom stereocenters. The van der Waals surface area contributed by atoms with Crippen molar-refractivity contribution in [3.05, 3.63) is 193 Å². The summed E-state index contributed by atoms with van der Waals surface area (Å²) in [5, 5.41) is 10.0. The van der Waals surface area contributed by atoms with Crippen LogP contribution in [0.4, 0.5) is 22.7 Å². The number of benzene rings is 9. The molecule has 0 radical (unpaired) electrons. The minimum absolute atomic E-state index is 0.987. The Kier molecular flexibility index (Phi) is 7.35. The molecule has 0 N–H and O–H groups in total. The van der Waals surface area contributed by atoms with Gasteiger partial charge in [0, 0.05) is 78.9 Å². The largest absolute Gasteiger partial charge is 0.341 e. The van der Waals surface area contributed by atoms with Crippen molar-refractivity contribution < 1.29 is 0 Å². The standard InChI is InChI=1S/C56H42N4/c1-7-23-49-37(15-1)17-13-33-57(49)39-29-31-45-47(35-39)55(59-51-25-9-3-19-41(51)42-20-4-10-26-52(42)59)46-32-30-40(58-34-14-18-38-16-2-8-24-50(38)58)36-48(46)56(45)60-53-27-11-5-21-43(53)44-22-6-12-28-54(44)60/h1-12,15-16,19-32,35-36H,13-14,17-18,33-34H2. The highest BCUT2D eigenvalue weighted by atomic mass is 15.1. The average Bonchev–Trinajstić information content (AvgIpc) is 3.83. The number of fused-ring (bicyclic) bond motifs is 10. The van der Waals surface area contributed by atoms with Gasteiger partial charge in [0.05, 0.1) is 33.4 Å². The number of nitrogens with zero attached hydrogens (tertiary/aromatic N) is 4. The lowest BCUT2D eigenvalue weighted by Crippen LogP contribution is -2.24. The van der Waals surface area contributed by atoms with Crippen molar-refractivity contribution in [2.24, 2.45) is 0 Å². The molecule has 2 aliphatic heterocycles. The second kappa shape index (κ2) is 13.1. The molecule has 0 unspecified atom stereocenters. The number of anilines is 4. The Morgan fingerprint density at radius 1 is 0.300 bits per heavy atom. The van der Waals surface area contributed by atoms with E-state index in [2.05, 4.69) is 201 Å². The van der Waals surface area contributed by atoms with Crippen LogP contribution in [0.3, 0.4) is 0 Å². The highest BCUT2D eigenvalue weighted by Gasteiger charge is 2.27. The molecule has 9 aromatic carbocycles. The highest BCUT2D eigenvalue weighted by Crippen LogP contribution is 2.48. The first-order valence-corrected chi connectivity index (χ1v) is 21.5. The Morgan fingerprint density at radius 2 is 0.650 bits per heavy atom. The maximum atomic E-state index is 2.56. The van der Waals surface area contributed by atoms with E-state index in [0.717, 1.165) is 38.8 Å². The summed E-state index contributed by atoms with van der Waals surface area (Å²) in [6, 6.07) is 68.4. The lowest BCUT2D eigenvalue weighted by Gasteiger charge is -2.33. The van der Waals surface area contributed by atoms with E-state index in [4.69, 9.17) is 0 Å². The number of aromatic nitrogens is 2. The van der Waals surface area contributed by atoms with Crippen LogP contribution >= 0.6 is 0 Å². The van der Waals surface area contributed by atoms with E-state index in [1.807, 2.05) is 0 Å². The summed E-state index contributed by atoms with van der Waals surface area (Å²) in [6.07, 6.45) is 4.47. The molecule has 286 valence electrons. The fourth-order valence-electron chi connectivity index (χ4n) is 10.9. The van der Waals surface area contributed by atoms with Gasteiger partial charge in [0.25, 0.3) is 0 Å². The van der Waals surface area contributed by atoms with Crippen LogP contribution in [0.5, 0.6) is 0 Å². The fourth-order valence-corrected chi connectivity index (χ4v) is 10.9. The van der Waals surface area contributed by atoms with Crippen LogP contribution in [0.1, 0.15) is 24.0 Å². The van der Waals surface area contributed by atoms with Crippen molar-refractivity contribution in [3.8, 4) is 11.4 Å². The number of para-hydroxylation sites is 6. The molecule has 4 heterocycles. The lowest BCUT2D eigenvalue weighted by molar-refractivity contribution is 0.767. The summed E-state index contributed by atoms with van der Waals surface area (Å²) in [5.41, 5.74) is 15.2. The van der Waals surface area contributed by atoms with Crippen molar-refractivity contribution in [3.63, 3.8) is 0 Å². The van der Waals surface area contributed by atoms with Crippen LogP contribution in [-0.2, 0) is 12.8 Å². The minimum atomic E-state index is 0.987. The Hall–Kier alpha value is -7.30. The van der Waals surface area contributed by atoms with Crippen LogP contribution in [0, 0.1) is 0 Å². The fraction of sp³-hybridized carbons (Fsp3) is 0.107. The van der Waals surface area contributed by atoms with E-state index in [9.17, 15) is 0 Å². The quantitative estimate of drug-likeness (QED) is 0.166. The molecule has 0 spiro atoms. The maximum Gasteiger partial charge on any atom is 0.0621 e. The normalized spacial score (nSPS) is 14.2. The molecule has 0 amide bonds. The molecule has 4 heteroatoms. The highest BCUT2D eigenvalue weighted by molar-refractivity contribution is 6.21. The topological polar surface area (TPSA) is 16.3 Å². The zero-order chi connectivity index (χ0) is 39.3. The van der Waals surface area contributed by atoms with Crippen molar-refractivity contribution in [1.82, 2.24) is 9.13 Å². The van der Waals surface area contributed by atoms with Crippen LogP contribution in [0.15, 0.2) is 182 Å². The summed E-state index contributed by atoms with van der Waals surface area (Å²) in [4.78, 5) is 5.10. The van der Waals surface area contributed by atoms with E-state index in [1.165, 1.54) is 110 Å². The average molecular weight is 771 g/mol. The SMILES string of the molecule is c1ccc2c(c1)CCCN2c1ccc2c(-n3c4ccccc4c4ccccc43)c3cc(N4CCCc5ccccc54)ccc3c(-n3c4ccccc4c4ccccc43)c2c1. The van der Waals surface area contributed by atoms with E-state index >= 15 is 0 Å². The number of hydrogen-bond acceptors (Lipinski definition) is 2. The van der Waals surface area contributed by atoms with Gasteiger partial charge in [-0.05, 0) is 97.5 Å². The zero-order valence-corrected chi connectivity index (χ0v) is 33.4. The summed E-state index contributed by atoms with van der Waals surface area (Å²) < 4.78 is 5.13. The Morgan fingerprint density at radius 3 is 1.05 bits per heavy atom. The summed E-state index contributed by atoms with van der Waals surface area (Å²) in [6.45, 7) is 1.97. The van der Waals surface area contributed by atoms with Crippen molar-refractivity contribution in [1.29, 1.82) is 0 Å². The smallest absolute Gasteiger partial charge is 0.0621 e. The number of hydrogen-bond donors (Lipinski definition) is 0. The van der Waals surface area contributed by atoms with Gasteiger partial charge in [-0.1, -0.05) is 121 Å². The predicted molar refractivity (Wildman–Crippen MR) is 254 cm³/mol. The van der Waals surface area contributed by atoms with Gasteiger partial charge in [-0.2, -0.15) is 0 Å². The molecule has 0 aliphatic carbocycles. The summed E-state index contributed by atoms with van der Waals surface area (Å²) in [5.74, 6) is 0.